The van der Waals surface area contributed by atoms with Gasteiger partial charge in [-0.1, -0.05) is 0 Å². The van der Waals surface area contributed by atoms with Crippen LogP contribution < -0.4 is 0 Å². The first kappa shape index (κ1) is 36.0. The summed E-state index contributed by atoms with van der Waals surface area (Å²) in [4.78, 5) is 13.4. The lowest BCUT2D eigenvalue weighted by Crippen LogP contribution is -2.68. The lowest BCUT2D eigenvalue weighted by molar-refractivity contribution is -0.374. The van der Waals surface area contributed by atoms with Crippen molar-refractivity contribution in [3.05, 3.63) is 0 Å². The van der Waals surface area contributed by atoms with Crippen LogP contribution in [0.1, 0.15) is 0 Å². The van der Waals surface area contributed by atoms with Gasteiger partial charge in [0.25, 0.3) is 0 Å². The Morgan fingerprint density at radius 3 is 1.51 bits per heavy atom. The van der Waals surface area contributed by atoms with E-state index in [1.54, 1.807) is 28.3 Å². The Hall–Kier alpha value is -1.21. The summed E-state index contributed by atoms with van der Waals surface area (Å²) in [6.45, 7) is 0.116. The van der Waals surface area contributed by atoms with E-state index >= 15 is 0 Å². The zero-order valence-corrected chi connectivity index (χ0v) is 26.0. The van der Waals surface area contributed by atoms with Crippen LogP contribution in [-0.2, 0) is 61.6 Å². The van der Waals surface area contributed by atoms with Gasteiger partial charge in [0.2, 0.25) is 0 Å². The van der Waals surface area contributed by atoms with Crippen molar-refractivity contribution in [2.45, 2.75) is 73.6 Å². The van der Waals surface area contributed by atoms with Gasteiger partial charge in [0.15, 0.2) is 12.6 Å². The molecule has 0 aromatic heterocycles. The zero-order valence-electron chi connectivity index (χ0n) is 26.0. The summed E-state index contributed by atoms with van der Waals surface area (Å²) in [5.74, 6) is 0. The van der Waals surface area contributed by atoms with E-state index in [0.29, 0.717) is 0 Å². The van der Waals surface area contributed by atoms with E-state index in [0.717, 1.165) is 0 Å². The fourth-order valence-corrected chi connectivity index (χ4v) is 5.22. The fraction of sp³-hybridized carbons (Fsp3) is 0.962. The summed E-state index contributed by atoms with van der Waals surface area (Å²) in [6.07, 6.45) is -9.43. The molecule has 0 aromatic rings. The molecule has 2 aliphatic rings. The highest BCUT2D eigenvalue weighted by Gasteiger charge is 2.56. The Kier molecular flexibility index (Phi) is 15.6. The second-order valence-corrected chi connectivity index (χ2v) is 9.75. The van der Waals surface area contributed by atoms with Crippen LogP contribution in [0.5, 0.6) is 0 Å². The molecule has 242 valence electrons. The van der Waals surface area contributed by atoms with Crippen molar-refractivity contribution in [2.24, 2.45) is 0 Å². The summed E-state index contributed by atoms with van der Waals surface area (Å²) in [5.41, 5.74) is 0. The Morgan fingerprint density at radius 1 is 0.610 bits per heavy atom. The first-order chi connectivity index (χ1) is 19.7. The summed E-state index contributed by atoms with van der Waals surface area (Å²) in [6, 6.07) is 0. The van der Waals surface area contributed by atoms with E-state index in [4.69, 9.17) is 61.6 Å². The van der Waals surface area contributed by atoms with Gasteiger partial charge in [-0.25, -0.2) is 4.79 Å². The van der Waals surface area contributed by atoms with Crippen molar-refractivity contribution < 1.29 is 66.4 Å². The van der Waals surface area contributed by atoms with Crippen LogP contribution in [0.25, 0.3) is 0 Å². The van der Waals surface area contributed by atoms with Gasteiger partial charge >= 0.3 is 6.09 Å². The minimum Gasteiger partial charge on any atom is -0.447 e. The maximum atomic E-state index is 12.1. The number of ether oxygens (including phenoxy) is 13. The quantitative estimate of drug-likeness (QED) is 0.233. The molecule has 0 bridgehead atoms. The average molecular weight is 600 g/mol. The second kappa shape index (κ2) is 17.8. The van der Waals surface area contributed by atoms with E-state index in [-0.39, 0.29) is 13.2 Å². The minimum absolute atomic E-state index is 0.113. The molecule has 0 N–H and O–H groups in total. The molecule has 0 aromatic carbocycles. The van der Waals surface area contributed by atoms with Crippen molar-refractivity contribution in [1.29, 1.82) is 0 Å². The summed E-state index contributed by atoms with van der Waals surface area (Å²) in [7, 11) is 16.9. The number of hydrogen-bond acceptors (Lipinski definition) is 14. The summed E-state index contributed by atoms with van der Waals surface area (Å²) >= 11 is 0. The molecule has 1 amide bonds. The number of amides is 1. The summed E-state index contributed by atoms with van der Waals surface area (Å²) < 4.78 is 76.1. The average Bonchev–Trinajstić information content (AvgIpc) is 2.98. The Balaban J connectivity index is 2.46. The third-order valence-corrected chi connectivity index (χ3v) is 7.35. The number of carbonyl (C=O) groups excluding carboxylic acids is 1. The molecule has 2 fully saturated rings. The number of carbonyl (C=O) groups is 1. The van der Waals surface area contributed by atoms with Crippen LogP contribution >= 0.6 is 0 Å². The van der Waals surface area contributed by atoms with Gasteiger partial charge in [-0.15, -0.1) is 0 Å². The lowest BCUT2D eigenvalue weighted by Gasteiger charge is -2.50. The topological polar surface area (TPSA) is 140 Å². The molecule has 2 aliphatic heterocycles. The first-order valence-electron chi connectivity index (χ1n) is 13.2. The molecule has 0 saturated carbocycles. The van der Waals surface area contributed by atoms with Gasteiger partial charge in [0, 0.05) is 78.1 Å². The van der Waals surface area contributed by atoms with Crippen molar-refractivity contribution in [3.8, 4) is 0 Å². The molecule has 2 saturated heterocycles. The highest BCUT2D eigenvalue weighted by atomic mass is 16.8. The minimum atomic E-state index is -1.04. The van der Waals surface area contributed by atoms with Crippen molar-refractivity contribution in [1.82, 2.24) is 4.90 Å². The van der Waals surface area contributed by atoms with E-state index < -0.39 is 79.7 Å². The van der Waals surface area contributed by atoms with Crippen molar-refractivity contribution >= 4 is 6.09 Å². The molecule has 0 aliphatic carbocycles. The monoisotopic (exact) mass is 599 g/mol. The third-order valence-electron chi connectivity index (χ3n) is 7.35. The molecule has 2 rings (SSSR count). The molecule has 41 heavy (non-hydrogen) atoms. The van der Waals surface area contributed by atoms with Gasteiger partial charge < -0.3 is 66.5 Å². The summed E-state index contributed by atoms with van der Waals surface area (Å²) in [5, 5.41) is 0. The predicted octanol–water partition coefficient (Wildman–Crippen LogP) is -0.0826. The van der Waals surface area contributed by atoms with Crippen molar-refractivity contribution in [2.75, 3.05) is 91.3 Å². The number of rotatable bonds is 16. The molecule has 12 atom stereocenters. The van der Waals surface area contributed by atoms with Crippen LogP contribution in [0.3, 0.4) is 0 Å². The zero-order chi connectivity index (χ0) is 30.7. The smallest absolute Gasteiger partial charge is 0.409 e. The highest BCUT2D eigenvalue weighted by molar-refractivity contribution is 5.66. The van der Waals surface area contributed by atoms with Crippen LogP contribution in [-0.4, -0.2) is 176 Å². The van der Waals surface area contributed by atoms with Crippen LogP contribution in [0.2, 0.25) is 0 Å². The third kappa shape index (κ3) is 8.46. The largest absolute Gasteiger partial charge is 0.447 e. The molecule has 15 heteroatoms. The normalized spacial score (nSPS) is 35.6. The SMILES string of the molecule is COCC(OC)C1OC(OC)C(OC)C(OC2OC(C(COC(=O)N(C)C)OC)C(OC)C(OC)C2OC)C1OC. The molecular weight excluding hydrogens is 550 g/mol. The predicted molar refractivity (Wildman–Crippen MR) is 142 cm³/mol. The first-order valence-corrected chi connectivity index (χ1v) is 13.2. The Morgan fingerprint density at radius 2 is 1.07 bits per heavy atom. The van der Waals surface area contributed by atoms with Crippen LogP contribution in [0, 0.1) is 0 Å². The number of methoxy groups -OCH3 is 9. The maximum absolute atomic E-state index is 12.1. The van der Waals surface area contributed by atoms with Crippen LogP contribution in [0.15, 0.2) is 0 Å². The molecule has 0 spiro atoms. The fourth-order valence-electron chi connectivity index (χ4n) is 5.22. The molecule has 2 heterocycles. The Bertz CT molecular complexity index is 747. The van der Waals surface area contributed by atoms with E-state index in [9.17, 15) is 4.79 Å². The van der Waals surface area contributed by atoms with Gasteiger partial charge in [-0.2, -0.15) is 0 Å². The molecule has 15 nitrogen and oxygen atoms in total. The second-order valence-electron chi connectivity index (χ2n) is 9.75. The number of nitrogens with zero attached hydrogens (tertiary/aromatic N) is 1. The highest BCUT2D eigenvalue weighted by Crippen LogP contribution is 2.36. The molecular formula is C26H49NO14. The number of hydrogen-bond donors (Lipinski definition) is 0. The Labute approximate surface area is 242 Å². The molecule has 0 radical (unpaired) electrons. The van der Waals surface area contributed by atoms with Gasteiger partial charge in [-0.3, -0.25) is 0 Å². The lowest BCUT2D eigenvalue weighted by atomic mass is 9.93. The van der Waals surface area contributed by atoms with E-state index in [2.05, 4.69) is 0 Å². The van der Waals surface area contributed by atoms with E-state index in [1.165, 1.54) is 54.7 Å². The maximum Gasteiger partial charge on any atom is 0.409 e. The van der Waals surface area contributed by atoms with Crippen molar-refractivity contribution in [3.63, 3.8) is 0 Å². The van der Waals surface area contributed by atoms with Crippen LogP contribution in [0.4, 0.5) is 4.79 Å². The van der Waals surface area contributed by atoms with Gasteiger partial charge in [0.1, 0.15) is 67.6 Å². The van der Waals surface area contributed by atoms with Gasteiger partial charge in [0.05, 0.1) is 6.61 Å². The van der Waals surface area contributed by atoms with Gasteiger partial charge in [-0.05, 0) is 0 Å². The van der Waals surface area contributed by atoms with E-state index in [1.807, 2.05) is 0 Å². The standard InChI is InChI=1S/C26H49NO14/c1-27(2)26(28)38-13-15(31-5)17-18(32-6)20(34-8)22(35-9)25(40-17)41-21-19(33-7)16(14(30-4)12-29-3)39-24(37-11)23(21)36-10/h14-25H,12-13H2,1-11H3. The molecule has 12 unspecified atom stereocenters.